The van der Waals surface area contributed by atoms with E-state index in [4.69, 9.17) is 10.3 Å². The highest BCUT2D eigenvalue weighted by Crippen LogP contribution is 2.30. The van der Waals surface area contributed by atoms with Crippen LogP contribution >= 0.6 is 0 Å². The van der Waals surface area contributed by atoms with Crippen LogP contribution in [0.15, 0.2) is 0 Å². The summed E-state index contributed by atoms with van der Waals surface area (Å²) in [5.74, 6) is -1.09. The molecule has 0 aromatic heterocycles. The number of rotatable bonds is 5. The van der Waals surface area contributed by atoms with Crippen LogP contribution in [0.1, 0.15) is 26.2 Å². The van der Waals surface area contributed by atoms with E-state index < -0.39 is 40.3 Å². The van der Waals surface area contributed by atoms with E-state index in [1.165, 1.54) is 0 Å². The average Bonchev–Trinajstić information content (AvgIpc) is 2.68. The SMILES string of the molecule is C[C@H](N)CC(=O)NNC(=O)[C@@H]1CC[C@H]2CN1C(=O)N2OS(=O)(=O)O. The van der Waals surface area contributed by atoms with Crippen molar-refractivity contribution in [3.8, 4) is 0 Å². The molecule has 0 aromatic rings. The summed E-state index contributed by atoms with van der Waals surface area (Å²) in [6.45, 7) is 1.70. The Morgan fingerprint density at radius 1 is 1.42 bits per heavy atom. The number of piperidine rings is 1. The van der Waals surface area contributed by atoms with E-state index in [0.717, 1.165) is 4.90 Å². The minimum atomic E-state index is -4.84. The van der Waals surface area contributed by atoms with E-state index in [-0.39, 0.29) is 25.4 Å². The Bertz CT molecular complexity index is 637. The molecule has 12 nitrogen and oxygen atoms in total. The largest absolute Gasteiger partial charge is 0.418 e. The first-order valence-corrected chi connectivity index (χ1v) is 8.56. The Morgan fingerprint density at radius 2 is 2.08 bits per heavy atom. The number of nitrogens with one attached hydrogen (secondary N) is 2. The van der Waals surface area contributed by atoms with Crippen molar-refractivity contribution in [3.63, 3.8) is 0 Å². The van der Waals surface area contributed by atoms with Gasteiger partial charge in [-0.3, -0.25) is 25.0 Å². The van der Waals surface area contributed by atoms with Crippen LogP contribution in [0.25, 0.3) is 0 Å². The van der Waals surface area contributed by atoms with Gasteiger partial charge in [-0.1, -0.05) is 0 Å². The van der Waals surface area contributed by atoms with E-state index in [9.17, 15) is 22.8 Å². The minimum Gasteiger partial charge on any atom is -0.327 e. The molecule has 0 spiro atoms. The quantitative estimate of drug-likeness (QED) is 0.316. The number of nitrogens with zero attached hydrogens (tertiary/aromatic N) is 2. The summed E-state index contributed by atoms with van der Waals surface area (Å²) >= 11 is 0. The van der Waals surface area contributed by atoms with Gasteiger partial charge in [0.2, 0.25) is 5.91 Å². The van der Waals surface area contributed by atoms with Gasteiger partial charge in [0.1, 0.15) is 6.04 Å². The van der Waals surface area contributed by atoms with Crippen molar-refractivity contribution in [2.24, 2.45) is 5.73 Å². The Balaban J connectivity index is 1.96. The number of carbonyl (C=O) groups excluding carboxylic acids is 3. The number of hydrogen-bond donors (Lipinski definition) is 4. The van der Waals surface area contributed by atoms with Crippen molar-refractivity contribution in [3.05, 3.63) is 0 Å². The fraction of sp³-hybridized carbons (Fsp3) is 0.727. The normalized spacial score (nSPS) is 24.7. The molecule has 2 aliphatic rings. The maximum absolute atomic E-state index is 12.1. The molecule has 0 aliphatic carbocycles. The van der Waals surface area contributed by atoms with Crippen LogP contribution < -0.4 is 16.6 Å². The second-order valence-electron chi connectivity index (χ2n) is 5.73. The number of hydrazine groups is 1. The average molecular weight is 365 g/mol. The fourth-order valence-electron chi connectivity index (χ4n) is 2.66. The van der Waals surface area contributed by atoms with Gasteiger partial charge in [0, 0.05) is 19.0 Å². The van der Waals surface area contributed by atoms with Crippen LogP contribution in [-0.4, -0.2) is 65.4 Å². The first-order valence-electron chi connectivity index (χ1n) is 7.19. The third-order valence-corrected chi connectivity index (χ3v) is 3.98. The lowest BCUT2D eigenvalue weighted by molar-refractivity contribution is -0.132. The summed E-state index contributed by atoms with van der Waals surface area (Å²) in [4.78, 5) is 36.8. The monoisotopic (exact) mass is 365 g/mol. The van der Waals surface area contributed by atoms with Crippen molar-refractivity contribution in [1.29, 1.82) is 0 Å². The lowest BCUT2D eigenvalue weighted by Crippen LogP contribution is -2.54. The third kappa shape index (κ3) is 4.31. The molecule has 2 rings (SSSR count). The van der Waals surface area contributed by atoms with Crippen molar-refractivity contribution in [1.82, 2.24) is 20.8 Å². The number of amides is 4. The smallest absolute Gasteiger partial charge is 0.327 e. The summed E-state index contributed by atoms with van der Waals surface area (Å²) in [6.07, 6.45) is 0.562. The summed E-state index contributed by atoms with van der Waals surface area (Å²) in [7, 11) is -4.84. The lowest BCUT2D eigenvalue weighted by atomic mass is 10.0. The molecule has 2 fully saturated rings. The molecule has 2 aliphatic heterocycles. The molecule has 2 saturated heterocycles. The second-order valence-corrected chi connectivity index (χ2v) is 6.73. The van der Waals surface area contributed by atoms with Gasteiger partial charge in [-0.2, -0.15) is 13.5 Å². The van der Waals surface area contributed by atoms with Gasteiger partial charge in [-0.05, 0) is 19.8 Å². The molecule has 136 valence electrons. The zero-order valence-corrected chi connectivity index (χ0v) is 13.7. The number of nitrogens with two attached hydrogens (primary N) is 1. The van der Waals surface area contributed by atoms with E-state index in [1.54, 1.807) is 6.92 Å². The lowest BCUT2D eigenvalue weighted by Gasteiger charge is -2.29. The van der Waals surface area contributed by atoms with Crippen molar-refractivity contribution in [2.45, 2.75) is 44.3 Å². The number of hydrogen-bond acceptors (Lipinski definition) is 7. The molecule has 24 heavy (non-hydrogen) atoms. The zero-order chi connectivity index (χ0) is 18.1. The number of fused-ring (bicyclic) bond motifs is 2. The second kappa shape index (κ2) is 6.88. The Hall–Kier alpha value is -1.96. The van der Waals surface area contributed by atoms with Gasteiger partial charge in [0.15, 0.2) is 0 Å². The predicted octanol–water partition coefficient (Wildman–Crippen LogP) is -2.13. The number of hydroxylamine groups is 2. The van der Waals surface area contributed by atoms with Crippen molar-refractivity contribution in [2.75, 3.05) is 6.54 Å². The van der Waals surface area contributed by atoms with Gasteiger partial charge in [-0.15, -0.1) is 4.28 Å². The zero-order valence-electron chi connectivity index (χ0n) is 12.8. The minimum absolute atomic E-state index is 0.0195. The maximum atomic E-state index is 12.1. The van der Waals surface area contributed by atoms with Crippen LogP contribution in [0.3, 0.4) is 0 Å². The Kier molecular flexibility index (Phi) is 5.27. The molecule has 0 aromatic carbocycles. The maximum Gasteiger partial charge on any atom is 0.418 e. The predicted molar refractivity (Wildman–Crippen MR) is 77.9 cm³/mol. The summed E-state index contributed by atoms with van der Waals surface area (Å²) < 4.78 is 34.5. The van der Waals surface area contributed by atoms with Gasteiger partial charge < -0.3 is 10.6 Å². The molecule has 5 N–H and O–H groups in total. The first kappa shape index (κ1) is 18.4. The standard InChI is InChI=1S/C11H19N5O7S/c1-6(12)4-9(17)13-14-10(18)8-3-2-7-5-15(8)11(19)16(7)23-24(20,21)22/h6-8H,2-5,12H2,1H3,(H,13,17)(H,14,18)(H,20,21,22)/t6-,7-,8-/m0/s1. The van der Waals surface area contributed by atoms with E-state index in [2.05, 4.69) is 15.1 Å². The molecular formula is C11H19N5O7S. The van der Waals surface area contributed by atoms with Gasteiger partial charge in [0.25, 0.3) is 5.91 Å². The van der Waals surface area contributed by atoms with Crippen LogP contribution in [0, 0.1) is 0 Å². The molecular weight excluding hydrogens is 346 g/mol. The fourth-order valence-corrected chi connectivity index (χ4v) is 3.05. The van der Waals surface area contributed by atoms with E-state index in [1.807, 2.05) is 0 Å². The molecule has 2 bridgehead atoms. The topological polar surface area (TPSA) is 171 Å². The summed E-state index contributed by atoms with van der Waals surface area (Å²) in [5.41, 5.74) is 9.87. The number of urea groups is 1. The van der Waals surface area contributed by atoms with Gasteiger partial charge >= 0.3 is 16.4 Å². The van der Waals surface area contributed by atoms with Crippen molar-refractivity contribution >= 4 is 28.2 Å². The van der Waals surface area contributed by atoms with Gasteiger partial charge in [-0.25, -0.2) is 4.79 Å². The molecule has 4 amide bonds. The van der Waals surface area contributed by atoms with Crippen LogP contribution in [0.2, 0.25) is 0 Å². The van der Waals surface area contributed by atoms with Crippen molar-refractivity contribution < 1.29 is 31.6 Å². The molecule has 2 heterocycles. The highest BCUT2D eigenvalue weighted by molar-refractivity contribution is 7.80. The van der Waals surface area contributed by atoms with Crippen LogP contribution in [0.4, 0.5) is 4.79 Å². The highest BCUT2D eigenvalue weighted by Gasteiger charge is 2.49. The Labute approximate surface area is 138 Å². The molecule has 0 unspecified atom stereocenters. The third-order valence-electron chi connectivity index (χ3n) is 3.63. The highest BCUT2D eigenvalue weighted by atomic mass is 32.3. The molecule has 0 saturated carbocycles. The Morgan fingerprint density at radius 3 is 2.67 bits per heavy atom. The number of carbonyl (C=O) groups is 3. The molecule has 0 radical (unpaired) electrons. The van der Waals surface area contributed by atoms with E-state index in [0.29, 0.717) is 11.5 Å². The summed E-state index contributed by atoms with van der Waals surface area (Å²) in [6, 6.07) is -2.70. The van der Waals surface area contributed by atoms with Gasteiger partial charge in [0.05, 0.1) is 6.04 Å². The van der Waals surface area contributed by atoms with Crippen LogP contribution in [0.5, 0.6) is 0 Å². The van der Waals surface area contributed by atoms with E-state index >= 15 is 0 Å². The molecule has 13 heteroatoms. The molecule has 3 atom stereocenters. The summed E-state index contributed by atoms with van der Waals surface area (Å²) in [5, 5.41) is 0.539. The van der Waals surface area contributed by atoms with Crippen LogP contribution in [-0.2, 0) is 24.3 Å². The first-order chi connectivity index (χ1) is 11.1.